The first kappa shape index (κ1) is 9.78. The molecule has 1 aromatic carbocycles. The van der Waals surface area contributed by atoms with Gasteiger partial charge in [0.25, 0.3) is 0 Å². The number of benzene rings is 1. The maximum absolute atomic E-state index is 12.8. The summed E-state index contributed by atoms with van der Waals surface area (Å²) in [5.41, 5.74) is 7.63. The normalized spacial score (nSPS) is 15.3. The highest BCUT2D eigenvalue weighted by Gasteiger charge is 2.28. The molecule has 1 aromatic heterocycles. The molecule has 2 aromatic rings. The van der Waals surface area contributed by atoms with Gasteiger partial charge in [-0.15, -0.1) is 11.3 Å². The second-order valence-electron chi connectivity index (χ2n) is 4.05. The highest BCUT2D eigenvalue weighted by molar-refractivity contribution is 7.16. The predicted molar refractivity (Wildman–Crippen MR) is 63.9 cm³/mol. The number of hydrogen-bond donors (Lipinski definition) is 1. The van der Waals surface area contributed by atoms with Gasteiger partial charge in [-0.1, -0.05) is 0 Å². The number of nitrogen functional groups attached to an aromatic ring is 1. The Hall–Kier alpha value is -1.42. The van der Waals surface area contributed by atoms with E-state index in [0.29, 0.717) is 5.92 Å². The first-order valence-electron chi connectivity index (χ1n) is 5.26. The molecule has 3 rings (SSSR count). The van der Waals surface area contributed by atoms with Gasteiger partial charge in [-0.05, 0) is 37.1 Å². The molecule has 0 saturated heterocycles. The molecule has 0 amide bonds. The number of nitrogens with zero attached hydrogens (tertiary/aromatic N) is 1. The lowest BCUT2D eigenvalue weighted by atomic mass is 10.1. The Labute approximate surface area is 96.9 Å². The average molecular weight is 234 g/mol. The number of aromatic nitrogens is 1. The van der Waals surface area contributed by atoms with Gasteiger partial charge in [0.1, 0.15) is 16.5 Å². The van der Waals surface area contributed by atoms with Crippen LogP contribution in [0.25, 0.3) is 11.3 Å². The maximum atomic E-state index is 12.8. The second-order valence-corrected chi connectivity index (χ2v) is 5.11. The predicted octanol–water partition coefficient (Wildman–Crippen LogP) is 3.41. The zero-order chi connectivity index (χ0) is 11.1. The number of anilines is 1. The molecule has 2 nitrogen and oxygen atoms in total. The highest BCUT2D eigenvalue weighted by atomic mass is 32.1. The number of rotatable bonds is 2. The lowest BCUT2D eigenvalue weighted by Gasteiger charge is -1.97. The largest absolute Gasteiger partial charge is 0.389 e. The van der Waals surface area contributed by atoms with E-state index >= 15 is 0 Å². The molecular formula is C12H11FN2S. The Bertz CT molecular complexity index is 514. The molecule has 1 heterocycles. The quantitative estimate of drug-likeness (QED) is 0.864. The fourth-order valence-electron chi connectivity index (χ4n) is 1.67. The third-order valence-electron chi connectivity index (χ3n) is 2.71. The zero-order valence-electron chi connectivity index (χ0n) is 8.61. The summed E-state index contributed by atoms with van der Waals surface area (Å²) in [6.07, 6.45) is 2.44. The summed E-state index contributed by atoms with van der Waals surface area (Å²) in [5, 5.41) is 1.85. The standard InChI is InChI=1S/C12H11FN2S/c13-9-5-3-7(4-6-9)10-11(14)16-12(15-10)8-1-2-8/h3-6,8H,1-2,14H2. The van der Waals surface area contributed by atoms with Crippen molar-refractivity contribution in [1.29, 1.82) is 0 Å². The van der Waals surface area contributed by atoms with Crippen LogP contribution in [-0.4, -0.2) is 4.98 Å². The number of thiazole rings is 1. The minimum atomic E-state index is -0.236. The van der Waals surface area contributed by atoms with Crippen molar-refractivity contribution >= 4 is 16.3 Å². The van der Waals surface area contributed by atoms with E-state index in [1.54, 1.807) is 23.5 Å². The third kappa shape index (κ3) is 1.69. The minimum Gasteiger partial charge on any atom is -0.389 e. The monoisotopic (exact) mass is 234 g/mol. The molecule has 2 N–H and O–H groups in total. The Morgan fingerprint density at radius 2 is 1.94 bits per heavy atom. The topological polar surface area (TPSA) is 38.9 Å². The van der Waals surface area contributed by atoms with Crippen molar-refractivity contribution in [2.75, 3.05) is 5.73 Å². The Morgan fingerprint density at radius 1 is 1.25 bits per heavy atom. The van der Waals surface area contributed by atoms with Crippen LogP contribution >= 0.6 is 11.3 Å². The van der Waals surface area contributed by atoms with Gasteiger partial charge in [0.2, 0.25) is 0 Å². The lowest BCUT2D eigenvalue weighted by molar-refractivity contribution is 0.628. The summed E-state index contributed by atoms with van der Waals surface area (Å²) < 4.78 is 12.8. The van der Waals surface area contributed by atoms with Crippen molar-refractivity contribution in [3.05, 3.63) is 35.1 Å². The molecule has 1 saturated carbocycles. The van der Waals surface area contributed by atoms with E-state index < -0.39 is 0 Å². The molecule has 0 spiro atoms. The van der Waals surface area contributed by atoms with Crippen molar-refractivity contribution in [2.24, 2.45) is 0 Å². The Balaban J connectivity index is 2.01. The Morgan fingerprint density at radius 3 is 2.56 bits per heavy atom. The van der Waals surface area contributed by atoms with E-state index in [1.165, 1.54) is 25.0 Å². The van der Waals surface area contributed by atoms with Crippen LogP contribution in [0, 0.1) is 5.82 Å². The number of halogens is 1. The SMILES string of the molecule is Nc1sc(C2CC2)nc1-c1ccc(F)cc1. The van der Waals surface area contributed by atoms with Crippen molar-refractivity contribution in [1.82, 2.24) is 4.98 Å². The molecule has 16 heavy (non-hydrogen) atoms. The van der Waals surface area contributed by atoms with Crippen LogP contribution in [0.5, 0.6) is 0 Å². The first-order chi connectivity index (χ1) is 7.74. The van der Waals surface area contributed by atoms with E-state index in [2.05, 4.69) is 4.98 Å². The van der Waals surface area contributed by atoms with E-state index in [4.69, 9.17) is 5.73 Å². The van der Waals surface area contributed by atoms with Crippen LogP contribution in [0.2, 0.25) is 0 Å². The van der Waals surface area contributed by atoms with E-state index in [0.717, 1.165) is 21.3 Å². The fraction of sp³-hybridized carbons (Fsp3) is 0.250. The van der Waals surface area contributed by atoms with E-state index in [-0.39, 0.29) is 5.82 Å². The Kier molecular flexibility index (Phi) is 2.17. The molecule has 4 heteroatoms. The molecule has 1 fully saturated rings. The van der Waals surface area contributed by atoms with Crippen LogP contribution in [0.15, 0.2) is 24.3 Å². The zero-order valence-corrected chi connectivity index (χ0v) is 9.43. The molecule has 0 bridgehead atoms. The van der Waals surface area contributed by atoms with Gasteiger partial charge < -0.3 is 5.73 Å². The second kappa shape index (κ2) is 3.56. The first-order valence-corrected chi connectivity index (χ1v) is 6.08. The maximum Gasteiger partial charge on any atom is 0.123 e. The van der Waals surface area contributed by atoms with Crippen molar-refractivity contribution in [3.63, 3.8) is 0 Å². The molecule has 0 unspecified atom stereocenters. The molecule has 0 atom stereocenters. The lowest BCUT2D eigenvalue weighted by Crippen LogP contribution is -1.86. The third-order valence-corrected chi connectivity index (χ3v) is 3.76. The summed E-state index contributed by atoms with van der Waals surface area (Å²) in [7, 11) is 0. The van der Waals surface area contributed by atoms with Crippen LogP contribution in [0.1, 0.15) is 23.8 Å². The molecule has 82 valence electrons. The fourth-order valence-corrected chi connectivity index (χ4v) is 2.69. The number of nitrogens with two attached hydrogens (primary N) is 1. The molecule has 1 aliphatic carbocycles. The summed E-state index contributed by atoms with van der Waals surface area (Å²) in [5.74, 6) is 0.376. The van der Waals surface area contributed by atoms with Gasteiger partial charge in [0, 0.05) is 11.5 Å². The summed E-state index contributed by atoms with van der Waals surface area (Å²) in [6, 6.07) is 6.31. The van der Waals surface area contributed by atoms with Gasteiger partial charge in [-0.2, -0.15) is 0 Å². The molecule has 0 aliphatic heterocycles. The van der Waals surface area contributed by atoms with Crippen molar-refractivity contribution in [3.8, 4) is 11.3 Å². The average Bonchev–Trinajstić information content (AvgIpc) is 3.04. The number of hydrogen-bond acceptors (Lipinski definition) is 3. The van der Waals surface area contributed by atoms with Crippen molar-refractivity contribution in [2.45, 2.75) is 18.8 Å². The van der Waals surface area contributed by atoms with Crippen molar-refractivity contribution < 1.29 is 4.39 Å². The summed E-state index contributed by atoms with van der Waals surface area (Å²) in [4.78, 5) is 4.54. The molecular weight excluding hydrogens is 223 g/mol. The van der Waals surface area contributed by atoms with Crippen LogP contribution in [-0.2, 0) is 0 Å². The van der Waals surface area contributed by atoms with Gasteiger partial charge in [0.15, 0.2) is 0 Å². The van der Waals surface area contributed by atoms with Crippen LogP contribution in [0.3, 0.4) is 0 Å². The summed E-state index contributed by atoms with van der Waals surface area (Å²) >= 11 is 1.56. The van der Waals surface area contributed by atoms with Crippen LogP contribution < -0.4 is 5.73 Å². The van der Waals surface area contributed by atoms with Crippen LogP contribution in [0.4, 0.5) is 9.39 Å². The van der Waals surface area contributed by atoms with E-state index in [9.17, 15) is 4.39 Å². The van der Waals surface area contributed by atoms with Gasteiger partial charge in [-0.3, -0.25) is 0 Å². The van der Waals surface area contributed by atoms with E-state index in [1.807, 2.05) is 0 Å². The van der Waals surface area contributed by atoms with Gasteiger partial charge in [0.05, 0.1) is 5.01 Å². The molecule has 1 aliphatic rings. The van der Waals surface area contributed by atoms with Gasteiger partial charge >= 0.3 is 0 Å². The summed E-state index contributed by atoms with van der Waals surface area (Å²) in [6.45, 7) is 0. The van der Waals surface area contributed by atoms with Gasteiger partial charge in [-0.25, -0.2) is 9.37 Å². The molecule has 0 radical (unpaired) electrons. The minimum absolute atomic E-state index is 0.236. The highest BCUT2D eigenvalue weighted by Crippen LogP contribution is 2.45. The smallest absolute Gasteiger partial charge is 0.123 e.